The van der Waals surface area contributed by atoms with Gasteiger partial charge in [-0.25, -0.2) is 4.98 Å². The predicted molar refractivity (Wildman–Crippen MR) is 87.6 cm³/mol. The Hall–Kier alpha value is -1.97. The monoisotopic (exact) mass is 317 g/mol. The van der Waals surface area contributed by atoms with Crippen LogP contribution in [0.5, 0.6) is 0 Å². The number of rotatable bonds is 3. The minimum Gasteiger partial charge on any atom is -0.399 e. The molecule has 0 aliphatic rings. The summed E-state index contributed by atoms with van der Waals surface area (Å²) in [4.78, 5) is 4.41. The lowest BCUT2D eigenvalue weighted by molar-refractivity contribution is 0.807. The van der Waals surface area contributed by atoms with Gasteiger partial charge in [0.05, 0.1) is 16.6 Å². The first-order chi connectivity index (χ1) is 10.1. The van der Waals surface area contributed by atoms with Gasteiger partial charge in [0.15, 0.2) is 0 Å². The zero-order valence-electron chi connectivity index (χ0n) is 11.1. The molecule has 3 rings (SSSR count). The van der Waals surface area contributed by atoms with Crippen LogP contribution in [-0.2, 0) is 6.54 Å². The minimum absolute atomic E-state index is 0.555. The van der Waals surface area contributed by atoms with Gasteiger partial charge in [-0.15, -0.1) is 0 Å². The normalized spacial score (nSPS) is 10.8. The van der Waals surface area contributed by atoms with Gasteiger partial charge in [0.25, 0.3) is 0 Å². The van der Waals surface area contributed by atoms with Crippen molar-refractivity contribution in [3.8, 4) is 11.4 Å². The summed E-state index contributed by atoms with van der Waals surface area (Å²) in [5.41, 5.74) is 8.47. The molecule has 0 unspecified atom stereocenters. The van der Waals surface area contributed by atoms with E-state index in [1.165, 1.54) is 0 Å². The highest BCUT2D eigenvalue weighted by atomic mass is 35.5. The number of hydrogen-bond acceptors (Lipinski definition) is 2. The molecule has 0 spiro atoms. The van der Waals surface area contributed by atoms with Crippen molar-refractivity contribution in [3.63, 3.8) is 0 Å². The molecular weight excluding hydrogens is 305 g/mol. The van der Waals surface area contributed by atoms with Crippen molar-refractivity contribution in [2.24, 2.45) is 0 Å². The summed E-state index contributed by atoms with van der Waals surface area (Å²) in [5.74, 6) is 0.846. The molecule has 0 bridgehead atoms. The summed E-state index contributed by atoms with van der Waals surface area (Å²) in [7, 11) is 0. The number of anilines is 1. The Kier molecular flexibility index (Phi) is 3.86. The second-order valence-electron chi connectivity index (χ2n) is 4.72. The molecule has 0 saturated carbocycles. The Bertz CT molecular complexity index is 781. The third-order valence-electron chi connectivity index (χ3n) is 3.23. The molecule has 21 heavy (non-hydrogen) atoms. The van der Waals surface area contributed by atoms with Gasteiger partial charge in [0.1, 0.15) is 5.82 Å². The molecule has 0 fully saturated rings. The summed E-state index contributed by atoms with van der Waals surface area (Å²) in [6, 6.07) is 13.3. The standard InChI is InChI=1S/C16H13Cl2N3/c17-14-6-2-4-12(15(14)18)10-21-8-7-20-16(21)11-3-1-5-13(19)9-11/h1-9H,10,19H2. The van der Waals surface area contributed by atoms with Crippen molar-refractivity contribution in [1.82, 2.24) is 9.55 Å². The molecule has 0 aliphatic heterocycles. The van der Waals surface area contributed by atoms with Crippen LogP contribution >= 0.6 is 23.2 Å². The van der Waals surface area contributed by atoms with Crippen LogP contribution in [0.3, 0.4) is 0 Å². The zero-order valence-corrected chi connectivity index (χ0v) is 12.6. The van der Waals surface area contributed by atoms with E-state index >= 15 is 0 Å². The fourth-order valence-electron chi connectivity index (χ4n) is 2.23. The first-order valence-corrected chi connectivity index (χ1v) is 7.20. The average molecular weight is 318 g/mol. The Morgan fingerprint density at radius 3 is 2.71 bits per heavy atom. The lowest BCUT2D eigenvalue weighted by atomic mass is 10.1. The highest BCUT2D eigenvalue weighted by Crippen LogP contribution is 2.27. The van der Waals surface area contributed by atoms with Crippen molar-refractivity contribution in [2.45, 2.75) is 6.54 Å². The lowest BCUT2D eigenvalue weighted by Crippen LogP contribution is -2.02. The van der Waals surface area contributed by atoms with Gasteiger partial charge in [-0.1, -0.05) is 47.5 Å². The van der Waals surface area contributed by atoms with E-state index in [0.717, 1.165) is 17.0 Å². The van der Waals surface area contributed by atoms with Gasteiger partial charge in [0, 0.05) is 23.6 Å². The fraction of sp³-hybridized carbons (Fsp3) is 0.0625. The molecule has 106 valence electrons. The molecule has 5 heteroatoms. The van der Waals surface area contributed by atoms with Crippen molar-refractivity contribution in [2.75, 3.05) is 5.73 Å². The zero-order chi connectivity index (χ0) is 14.8. The topological polar surface area (TPSA) is 43.8 Å². The quantitative estimate of drug-likeness (QED) is 0.723. The summed E-state index contributed by atoms with van der Waals surface area (Å²) in [6.07, 6.45) is 3.67. The number of nitrogens with zero attached hydrogens (tertiary/aromatic N) is 2. The van der Waals surface area contributed by atoms with Crippen LogP contribution < -0.4 is 5.73 Å². The maximum Gasteiger partial charge on any atom is 0.140 e. The second-order valence-corrected chi connectivity index (χ2v) is 5.50. The third-order valence-corrected chi connectivity index (χ3v) is 4.09. The number of nitrogen functional groups attached to an aromatic ring is 1. The van der Waals surface area contributed by atoms with Crippen LogP contribution in [0.4, 0.5) is 5.69 Å². The number of aromatic nitrogens is 2. The summed E-state index contributed by atoms with van der Waals surface area (Å²) >= 11 is 12.3. The van der Waals surface area contributed by atoms with Crippen LogP contribution in [-0.4, -0.2) is 9.55 Å². The molecule has 0 radical (unpaired) electrons. The maximum absolute atomic E-state index is 6.25. The van der Waals surface area contributed by atoms with Crippen LogP contribution in [0.2, 0.25) is 10.0 Å². The van der Waals surface area contributed by atoms with Crippen LogP contribution in [0.25, 0.3) is 11.4 Å². The Balaban J connectivity index is 1.98. The van der Waals surface area contributed by atoms with Gasteiger partial charge in [-0.05, 0) is 23.8 Å². The van der Waals surface area contributed by atoms with Gasteiger partial charge in [0.2, 0.25) is 0 Å². The van der Waals surface area contributed by atoms with Crippen LogP contribution in [0.1, 0.15) is 5.56 Å². The number of imidazole rings is 1. The predicted octanol–water partition coefficient (Wildman–Crippen LogP) is 4.49. The van der Waals surface area contributed by atoms with Crippen molar-refractivity contribution >= 4 is 28.9 Å². The van der Waals surface area contributed by atoms with E-state index < -0.39 is 0 Å². The summed E-state index contributed by atoms with van der Waals surface area (Å²) in [6.45, 7) is 0.601. The van der Waals surface area contributed by atoms with Crippen molar-refractivity contribution in [3.05, 3.63) is 70.5 Å². The molecule has 1 aromatic heterocycles. The first-order valence-electron chi connectivity index (χ1n) is 6.45. The van der Waals surface area contributed by atoms with Gasteiger partial charge >= 0.3 is 0 Å². The molecule has 0 saturated heterocycles. The number of hydrogen-bond donors (Lipinski definition) is 1. The Morgan fingerprint density at radius 1 is 1.10 bits per heavy atom. The average Bonchev–Trinajstić information content (AvgIpc) is 2.92. The SMILES string of the molecule is Nc1cccc(-c2nccn2Cc2cccc(Cl)c2Cl)c1. The highest BCUT2D eigenvalue weighted by Gasteiger charge is 2.10. The fourth-order valence-corrected chi connectivity index (χ4v) is 2.61. The van der Waals surface area contributed by atoms with E-state index in [9.17, 15) is 0 Å². The second kappa shape index (κ2) is 5.80. The smallest absolute Gasteiger partial charge is 0.140 e. The van der Waals surface area contributed by atoms with Gasteiger partial charge in [-0.3, -0.25) is 0 Å². The molecule has 3 nitrogen and oxygen atoms in total. The molecule has 2 aromatic carbocycles. The van der Waals surface area contributed by atoms with Crippen LogP contribution in [0.15, 0.2) is 54.9 Å². The molecule has 0 aliphatic carbocycles. The van der Waals surface area contributed by atoms with Crippen molar-refractivity contribution < 1.29 is 0 Å². The number of halogens is 2. The molecule has 0 atom stereocenters. The summed E-state index contributed by atoms with van der Waals surface area (Å²) in [5, 5.41) is 1.13. The van der Waals surface area contributed by atoms with Gasteiger partial charge in [-0.2, -0.15) is 0 Å². The molecular formula is C16H13Cl2N3. The first kappa shape index (κ1) is 14.0. The molecule has 0 amide bonds. The van der Waals surface area contributed by atoms with E-state index in [2.05, 4.69) is 4.98 Å². The third kappa shape index (κ3) is 2.89. The largest absolute Gasteiger partial charge is 0.399 e. The Morgan fingerprint density at radius 2 is 1.90 bits per heavy atom. The van der Waals surface area contributed by atoms with E-state index in [1.54, 1.807) is 12.3 Å². The van der Waals surface area contributed by atoms with Gasteiger partial charge < -0.3 is 10.3 Å². The van der Waals surface area contributed by atoms with Crippen molar-refractivity contribution in [1.29, 1.82) is 0 Å². The maximum atomic E-state index is 6.25. The summed E-state index contributed by atoms with van der Waals surface area (Å²) < 4.78 is 2.02. The minimum atomic E-state index is 0.555. The van der Waals surface area contributed by atoms with E-state index in [4.69, 9.17) is 28.9 Å². The van der Waals surface area contributed by atoms with E-state index in [-0.39, 0.29) is 0 Å². The van der Waals surface area contributed by atoms with Crippen LogP contribution in [0, 0.1) is 0 Å². The molecule has 3 aromatic rings. The highest BCUT2D eigenvalue weighted by molar-refractivity contribution is 6.42. The van der Waals surface area contributed by atoms with E-state index in [1.807, 2.05) is 47.2 Å². The number of benzene rings is 2. The lowest BCUT2D eigenvalue weighted by Gasteiger charge is -2.10. The Labute approximate surface area is 132 Å². The van der Waals surface area contributed by atoms with E-state index in [0.29, 0.717) is 22.3 Å². The molecule has 2 N–H and O–H groups in total. The number of nitrogens with two attached hydrogens (primary N) is 1. The molecule has 1 heterocycles.